The first-order valence-corrected chi connectivity index (χ1v) is 8.10. The van der Waals surface area contributed by atoms with Crippen LogP contribution in [-0.4, -0.2) is 23.0 Å². The van der Waals surface area contributed by atoms with E-state index in [1.54, 1.807) is 6.07 Å². The molecule has 0 heterocycles. The largest absolute Gasteiger partial charge is 0.481 e. The fraction of sp³-hybridized carbons (Fsp3) is 0.300. The van der Waals surface area contributed by atoms with Gasteiger partial charge in [-0.2, -0.15) is 0 Å². The summed E-state index contributed by atoms with van der Waals surface area (Å²) in [7, 11) is 0. The smallest absolute Gasteiger partial charge is 0.303 e. The lowest BCUT2D eigenvalue weighted by molar-refractivity contribution is -0.137. The predicted molar refractivity (Wildman–Crippen MR) is 94.2 cm³/mol. The Morgan fingerprint density at radius 1 is 1.04 bits per heavy atom. The van der Waals surface area contributed by atoms with Crippen LogP contribution in [0.5, 0.6) is 0 Å². The second-order valence-electron chi connectivity index (χ2n) is 6.04. The minimum Gasteiger partial charge on any atom is -0.481 e. The standard InChI is InChI=1S/C20H23NO3/c1-14-7-6-10-18(15(14)2)20(24)21-17(11-12-19(22)23)13-16-8-4-3-5-9-16/h3-10,17H,11-13H2,1-2H3,(H,21,24)(H,22,23). The highest BCUT2D eigenvalue weighted by atomic mass is 16.4. The summed E-state index contributed by atoms with van der Waals surface area (Å²) in [5.41, 5.74) is 3.73. The minimum atomic E-state index is -0.853. The maximum Gasteiger partial charge on any atom is 0.303 e. The average molecular weight is 325 g/mol. The molecule has 4 heteroatoms. The molecule has 0 aliphatic rings. The molecule has 0 aliphatic heterocycles. The summed E-state index contributed by atoms with van der Waals surface area (Å²) in [6, 6.07) is 15.2. The molecule has 0 aliphatic carbocycles. The van der Waals surface area contributed by atoms with Gasteiger partial charge in [0.2, 0.25) is 0 Å². The van der Waals surface area contributed by atoms with E-state index in [1.165, 1.54) is 0 Å². The lowest BCUT2D eigenvalue weighted by atomic mass is 9.99. The summed E-state index contributed by atoms with van der Waals surface area (Å²) in [4.78, 5) is 23.5. The molecule has 0 aromatic heterocycles. The van der Waals surface area contributed by atoms with Crippen molar-refractivity contribution in [2.24, 2.45) is 0 Å². The Balaban J connectivity index is 2.12. The molecule has 24 heavy (non-hydrogen) atoms. The number of hydrogen-bond donors (Lipinski definition) is 2. The SMILES string of the molecule is Cc1cccc(C(=O)NC(CCC(=O)O)Cc2ccccc2)c1C. The number of amides is 1. The fourth-order valence-corrected chi connectivity index (χ4v) is 2.68. The molecular weight excluding hydrogens is 302 g/mol. The second-order valence-corrected chi connectivity index (χ2v) is 6.04. The first kappa shape index (κ1) is 17.7. The number of carbonyl (C=O) groups excluding carboxylic acids is 1. The molecule has 2 rings (SSSR count). The predicted octanol–water partition coefficient (Wildman–Crippen LogP) is 3.51. The quantitative estimate of drug-likeness (QED) is 0.818. The van der Waals surface area contributed by atoms with Gasteiger partial charge in [0, 0.05) is 18.0 Å². The van der Waals surface area contributed by atoms with Crippen molar-refractivity contribution in [1.82, 2.24) is 5.32 Å². The molecule has 2 aromatic carbocycles. The van der Waals surface area contributed by atoms with Crippen LogP contribution in [0.2, 0.25) is 0 Å². The molecule has 126 valence electrons. The van der Waals surface area contributed by atoms with E-state index in [1.807, 2.05) is 56.3 Å². The van der Waals surface area contributed by atoms with E-state index < -0.39 is 5.97 Å². The van der Waals surface area contributed by atoms with Gasteiger partial charge >= 0.3 is 5.97 Å². The monoisotopic (exact) mass is 325 g/mol. The zero-order valence-electron chi connectivity index (χ0n) is 14.1. The minimum absolute atomic E-state index is 0.0323. The molecule has 2 N–H and O–H groups in total. The zero-order valence-corrected chi connectivity index (χ0v) is 14.1. The molecule has 1 unspecified atom stereocenters. The topological polar surface area (TPSA) is 66.4 Å². The highest BCUT2D eigenvalue weighted by Gasteiger charge is 2.17. The van der Waals surface area contributed by atoms with Crippen LogP contribution in [-0.2, 0) is 11.2 Å². The summed E-state index contributed by atoms with van der Waals surface area (Å²) in [6.07, 6.45) is 1.05. The van der Waals surface area contributed by atoms with Crippen molar-refractivity contribution >= 4 is 11.9 Å². The first-order chi connectivity index (χ1) is 11.5. The van der Waals surface area contributed by atoms with E-state index in [-0.39, 0.29) is 18.4 Å². The van der Waals surface area contributed by atoms with Crippen molar-refractivity contribution in [3.05, 3.63) is 70.8 Å². The maximum atomic E-state index is 12.6. The van der Waals surface area contributed by atoms with Crippen LogP contribution in [0.25, 0.3) is 0 Å². The number of carboxylic acids is 1. The molecular formula is C20H23NO3. The normalized spacial score (nSPS) is 11.8. The van der Waals surface area contributed by atoms with Gasteiger partial charge in [-0.05, 0) is 49.4 Å². The fourth-order valence-electron chi connectivity index (χ4n) is 2.68. The van der Waals surface area contributed by atoms with Crippen molar-refractivity contribution < 1.29 is 14.7 Å². The number of benzene rings is 2. The molecule has 4 nitrogen and oxygen atoms in total. The Bertz CT molecular complexity index is 710. The van der Waals surface area contributed by atoms with Crippen molar-refractivity contribution in [3.63, 3.8) is 0 Å². The molecule has 0 fully saturated rings. The number of nitrogens with one attached hydrogen (secondary N) is 1. The summed E-state index contributed by atoms with van der Waals surface area (Å²) in [5, 5.41) is 12.0. The van der Waals surface area contributed by atoms with Gasteiger partial charge < -0.3 is 10.4 Å². The zero-order chi connectivity index (χ0) is 17.5. The number of aliphatic carboxylic acids is 1. The third-order valence-corrected chi connectivity index (χ3v) is 4.22. The van der Waals surface area contributed by atoms with Crippen LogP contribution in [0.3, 0.4) is 0 Å². The Kier molecular flexibility index (Phi) is 6.13. The summed E-state index contributed by atoms with van der Waals surface area (Å²) >= 11 is 0. The van der Waals surface area contributed by atoms with Crippen LogP contribution in [0.4, 0.5) is 0 Å². The van der Waals surface area contributed by atoms with Gasteiger partial charge in [0.05, 0.1) is 0 Å². The number of carboxylic acid groups (broad SMARTS) is 1. The Hall–Kier alpha value is -2.62. The van der Waals surface area contributed by atoms with Crippen molar-refractivity contribution in [3.8, 4) is 0 Å². The van der Waals surface area contributed by atoms with Gasteiger partial charge in [-0.1, -0.05) is 42.5 Å². The van der Waals surface area contributed by atoms with Crippen LogP contribution in [0, 0.1) is 13.8 Å². The maximum absolute atomic E-state index is 12.6. The molecule has 0 radical (unpaired) electrons. The van der Waals surface area contributed by atoms with Gasteiger partial charge in [0.25, 0.3) is 5.91 Å². The molecule has 0 saturated carbocycles. The second kappa shape index (κ2) is 8.29. The Labute approximate surface area is 142 Å². The van der Waals surface area contributed by atoms with Crippen LogP contribution < -0.4 is 5.32 Å². The van der Waals surface area contributed by atoms with Gasteiger partial charge in [-0.3, -0.25) is 9.59 Å². The van der Waals surface area contributed by atoms with Gasteiger partial charge in [0.1, 0.15) is 0 Å². The van der Waals surface area contributed by atoms with E-state index in [0.29, 0.717) is 18.4 Å². The van der Waals surface area contributed by atoms with Gasteiger partial charge in [0.15, 0.2) is 0 Å². The summed E-state index contributed by atoms with van der Waals surface area (Å²) < 4.78 is 0. The number of carbonyl (C=O) groups is 2. The highest BCUT2D eigenvalue weighted by Crippen LogP contribution is 2.14. The molecule has 0 spiro atoms. The third kappa shape index (κ3) is 4.95. The number of hydrogen-bond acceptors (Lipinski definition) is 2. The molecule has 1 atom stereocenters. The summed E-state index contributed by atoms with van der Waals surface area (Å²) in [6.45, 7) is 3.89. The van der Waals surface area contributed by atoms with Crippen molar-refractivity contribution in [2.75, 3.05) is 0 Å². The lowest BCUT2D eigenvalue weighted by Crippen LogP contribution is -2.37. The number of aryl methyl sites for hydroxylation is 1. The van der Waals surface area contributed by atoms with Crippen LogP contribution in [0.15, 0.2) is 48.5 Å². The summed E-state index contributed by atoms with van der Waals surface area (Å²) in [5.74, 6) is -1.00. The van der Waals surface area contributed by atoms with E-state index in [9.17, 15) is 9.59 Å². The van der Waals surface area contributed by atoms with E-state index >= 15 is 0 Å². The van der Waals surface area contributed by atoms with Gasteiger partial charge in [-0.15, -0.1) is 0 Å². The van der Waals surface area contributed by atoms with Crippen molar-refractivity contribution in [2.45, 2.75) is 39.2 Å². The van der Waals surface area contributed by atoms with Crippen LogP contribution >= 0.6 is 0 Å². The Morgan fingerprint density at radius 2 is 1.75 bits per heavy atom. The first-order valence-electron chi connectivity index (χ1n) is 8.10. The highest BCUT2D eigenvalue weighted by molar-refractivity contribution is 5.96. The third-order valence-electron chi connectivity index (χ3n) is 4.22. The van der Waals surface area contributed by atoms with E-state index in [4.69, 9.17) is 5.11 Å². The molecule has 2 aromatic rings. The molecule has 0 bridgehead atoms. The molecule has 0 saturated heterocycles. The van der Waals surface area contributed by atoms with E-state index in [0.717, 1.165) is 16.7 Å². The Morgan fingerprint density at radius 3 is 2.42 bits per heavy atom. The van der Waals surface area contributed by atoms with E-state index in [2.05, 4.69) is 5.32 Å². The molecule has 1 amide bonds. The average Bonchev–Trinajstić information content (AvgIpc) is 2.56. The van der Waals surface area contributed by atoms with Crippen molar-refractivity contribution in [1.29, 1.82) is 0 Å². The number of rotatable bonds is 7. The van der Waals surface area contributed by atoms with Gasteiger partial charge in [-0.25, -0.2) is 0 Å². The lowest BCUT2D eigenvalue weighted by Gasteiger charge is -2.19. The van der Waals surface area contributed by atoms with Crippen LogP contribution in [0.1, 0.15) is 39.9 Å².